The molecule has 3 unspecified atom stereocenters. The maximum atomic E-state index is 14.2. The standard InChI is InChI=1S/C21H26F2N8O4S/c1-31-17(13-6-5-11(24)14(8-34-13)35-21(26,27)33)12(7-28-31)29-19(32)16-18(25)36-20(30-16)15-9(22)3-2-4-10(15)23/h2-4,7,11,13-14,33H,5-6,8,24-27H2,1H3,(H,29,32). The first-order chi connectivity index (χ1) is 16.9. The predicted octanol–water partition coefficient (Wildman–Crippen LogP) is 0.741. The highest BCUT2D eigenvalue weighted by Crippen LogP contribution is 2.35. The van der Waals surface area contributed by atoms with Crippen molar-refractivity contribution in [3.05, 3.63) is 47.4 Å². The van der Waals surface area contributed by atoms with Gasteiger partial charge >= 0.3 is 0 Å². The van der Waals surface area contributed by atoms with Crippen LogP contribution in [0, 0.1) is 11.6 Å². The molecular formula is C21H26F2N8O4S. The molecule has 0 radical (unpaired) electrons. The van der Waals surface area contributed by atoms with E-state index in [2.05, 4.69) is 15.4 Å². The van der Waals surface area contributed by atoms with Crippen molar-refractivity contribution in [2.75, 3.05) is 17.7 Å². The highest BCUT2D eigenvalue weighted by molar-refractivity contribution is 7.19. The van der Waals surface area contributed by atoms with Crippen molar-refractivity contribution in [2.24, 2.45) is 24.2 Å². The van der Waals surface area contributed by atoms with Crippen molar-refractivity contribution < 1.29 is 28.2 Å². The highest BCUT2D eigenvalue weighted by Gasteiger charge is 2.34. The number of hydrogen-bond donors (Lipinski definition) is 6. The maximum absolute atomic E-state index is 14.2. The molecule has 2 aromatic heterocycles. The number of rotatable bonds is 6. The summed E-state index contributed by atoms with van der Waals surface area (Å²) < 4.78 is 41.0. The van der Waals surface area contributed by atoms with Gasteiger partial charge in [0.15, 0.2) is 5.69 Å². The van der Waals surface area contributed by atoms with Gasteiger partial charge in [-0.1, -0.05) is 17.4 Å². The molecule has 15 heteroatoms. The summed E-state index contributed by atoms with van der Waals surface area (Å²) in [5.74, 6) is -2.33. The molecule has 0 aliphatic carbocycles. The molecule has 1 aromatic carbocycles. The van der Waals surface area contributed by atoms with Crippen molar-refractivity contribution in [1.82, 2.24) is 14.8 Å². The first-order valence-electron chi connectivity index (χ1n) is 10.8. The largest absolute Gasteiger partial charge is 0.389 e. The molecular weight excluding hydrogens is 498 g/mol. The zero-order valence-corrected chi connectivity index (χ0v) is 20.0. The summed E-state index contributed by atoms with van der Waals surface area (Å²) in [4.78, 5) is 17.1. The number of aryl methyl sites for hydroxylation is 1. The predicted molar refractivity (Wildman–Crippen MR) is 127 cm³/mol. The van der Waals surface area contributed by atoms with Crippen molar-refractivity contribution in [1.29, 1.82) is 0 Å². The van der Waals surface area contributed by atoms with Gasteiger partial charge in [0, 0.05) is 13.1 Å². The van der Waals surface area contributed by atoms with Crippen LogP contribution in [-0.2, 0) is 16.5 Å². The molecule has 3 atom stereocenters. The molecule has 0 saturated carbocycles. The highest BCUT2D eigenvalue weighted by atomic mass is 32.1. The third-order valence-corrected chi connectivity index (χ3v) is 6.53. The molecule has 1 saturated heterocycles. The number of benzene rings is 1. The lowest BCUT2D eigenvalue weighted by atomic mass is 10.0. The van der Waals surface area contributed by atoms with Crippen LogP contribution >= 0.6 is 11.3 Å². The fraction of sp³-hybridized carbons (Fsp3) is 0.381. The summed E-state index contributed by atoms with van der Waals surface area (Å²) in [6.07, 6.45) is 0.973. The lowest BCUT2D eigenvalue weighted by Gasteiger charge is -2.27. The van der Waals surface area contributed by atoms with Gasteiger partial charge in [-0.15, -0.1) is 0 Å². The number of ether oxygens (including phenoxy) is 2. The summed E-state index contributed by atoms with van der Waals surface area (Å²) in [6, 6.07) is 0.522. The molecule has 10 N–H and O–H groups in total. The number of halogens is 2. The van der Waals surface area contributed by atoms with Crippen LogP contribution in [0.2, 0.25) is 0 Å². The average molecular weight is 525 g/mol. The van der Waals surface area contributed by atoms with E-state index in [1.54, 1.807) is 7.05 Å². The number of thiazole rings is 1. The van der Waals surface area contributed by atoms with Gasteiger partial charge in [-0.05, 0) is 25.0 Å². The van der Waals surface area contributed by atoms with Crippen molar-refractivity contribution in [3.8, 4) is 10.6 Å². The van der Waals surface area contributed by atoms with Crippen molar-refractivity contribution >= 4 is 27.9 Å². The summed E-state index contributed by atoms with van der Waals surface area (Å²) in [5, 5.41) is 16.4. The summed E-state index contributed by atoms with van der Waals surface area (Å²) in [6.45, 7) is -0.0301. The Hall–Kier alpha value is -3.05. The molecule has 0 spiro atoms. The molecule has 36 heavy (non-hydrogen) atoms. The Morgan fingerprint density at radius 2 is 2.03 bits per heavy atom. The molecule has 4 rings (SSSR count). The van der Waals surface area contributed by atoms with E-state index in [0.29, 0.717) is 24.2 Å². The second kappa shape index (κ2) is 10.1. The minimum Gasteiger partial charge on any atom is -0.389 e. The Morgan fingerprint density at radius 3 is 2.69 bits per heavy atom. The van der Waals surface area contributed by atoms with E-state index < -0.39 is 41.8 Å². The lowest BCUT2D eigenvalue weighted by molar-refractivity contribution is -0.235. The van der Waals surface area contributed by atoms with Crippen LogP contribution in [0.3, 0.4) is 0 Å². The lowest BCUT2D eigenvalue weighted by Crippen LogP contribution is -2.57. The maximum Gasteiger partial charge on any atom is 0.284 e. The number of amides is 1. The number of aliphatic hydroxyl groups is 1. The normalized spacial score (nSPS) is 20.8. The zero-order chi connectivity index (χ0) is 26.2. The fourth-order valence-electron chi connectivity index (χ4n) is 3.94. The van der Waals surface area contributed by atoms with Crippen LogP contribution < -0.4 is 28.3 Å². The Bertz CT molecular complexity index is 1240. The summed E-state index contributed by atoms with van der Waals surface area (Å²) in [7, 11) is 1.67. The van der Waals surface area contributed by atoms with E-state index in [0.717, 1.165) is 23.5 Å². The number of anilines is 2. The smallest absolute Gasteiger partial charge is 0.284 e. The van der Waals surface area contributed by atoms with Crippen LogP contribution in [0.5, 0.6) is 0 Å². The van der Waals surface area contributed by atoms with Crippen LogP contribution in [-0.4, -0.2) is 50.6 Å². The Morgan fingerprint density at radius 1 is 1.33 bits per heavy atom. The molecule has 1 aliphatic rings. The van der Waals surface area contributed by atoms with Crippen molar-refractivity contribution in [2.45, 2.75) is 37.1 Å². The Kier molecular flexibility index (Phi) is 7.33. The number of nitrogens with two attached hydrogens (primary N) is 4. The topological polar surface area (TPSA) is 203 Å². The number of carbonyl (C=O) groups excluding carboxylic acids is 1. The minimum atomic E-state index is -2.37. The molecule has 1 fully saturated rings. The second-order valence-electron chi connectivity index (χ2n) is 8.32. The second-order valence-corrected chi connectivity index (χ2v) is 9.35. The Balaban J connectivity index is 1.54. The summed E-state index contributed by atoms with van der Waals surface area (Å²) in [5.41, 5.74) is 23.0. The summed E-state index contributed by atoms with van der Waals surface area (Å²) >= 11 is 0.791. The minimum absolute atomic E-state index is 0.0108. The number of nitrogen functional groups attached to an aromatic ring is 1. The third kappa shape index (κ3) is 5.52. The molecule has 12 nitrogen and oxygen atoms in total. The van der Waals surface area contributed by atoms with Gasteiger partial charge in [-0.2, -0.15) is 5.10 Å². The van der Waals surface area contributed by atoms with E-state index in [-0.39, 0.29) is 27.9 Å². The number of carbonyl (C=O) groups is 1. The molecule has 0 bridgehead atoms. The van der Waals surface area contributed by atoms with E-state index in [4.69, 9.17) is 32.4 Å². The van der Waals surface area contributed by atoms with E-state index in [1.165, 1.54) is 16.9 Å². The van der Waals surface area contributed by atoms with Crippen molar-refractivity contribution in [3.63, 3.8) is 0 Å². The van der Waals surface area contributed by atoms with Gasteiger partial charge in [0.25, 0.3) is 11.9 Å². The molecule has 3 aromatic rings. The van der Waals surface area contributed by atoms with Crippen LogP contribution in [0.25, 0.3) is 10.6 Å². The van der Waals surface area contributed by atoms with E-state index in [9.17, 15) is 18.7 Å². The quantitative estimate of drug-likeness (QED) is 0.250. The SMILES string of the molecule is Cn1ncc(NC(=O)c2nc(-c3c(F)cccc3F)sc2N)c1C1CCC(N)C(OC(N)(N)O)CO1. The number of nitrogens with zero attached hydrogens (tertiary/aromatic N) is 3. The van der Waals surface area contributed by atoms with Gasteiger partial charge in [-0.3, -0.25) is 20.9 Å². The van der Waals surface area contributed by atoms with Gasteiger partial charge < -0.3 is 31.4 Å². The monoisotopic (exact) mass is 524 g/mol. The third-order valence-electron chi connectivity index (χ3n) is 5.62. The molecule has 1 amide bonds. The van der Waals surface area contributed by atoms with Gasteiger partial charge in [-0.25, -0.2) is 13.8 Å². The van der Waals surface area contributed by atoms with Crippen LogP contribution in [0.1, 0.15) is 35.1 Å². The first kappa shape index (κ1) is 26.0. The number of aromatic nitrogens is 3. The Labute approximate surface area is 208 Å². The average Bonchev–Trinajstić information content (AvgIpc) is 3.28. The van der Waals surface area contributed by atoms with Gasteiger partial charge in [0.2, 0.25) is 0 Å². The molecule has 1 aliphatic heterocycles. The molecule has 194 valence electrons. The van der Waals surface area contributed by atoms with E-state index >= 15 is 0 Å². The van der Waals surface area contributed by atoms with Gasteiger partial charge in [0.1, 0.15) is 33.9 Å². The molecule has 3 heterocycles. The van der Waals surface area contributed by atoms with Crippen LogP contribution in [0.15, 0.2) is 24.4 Å². The van der Waals surface area contributed by atoms with Crippen LogP contribution in [0.4, 0.5) is 19.5 Å². The number of nitrogens with one attached hydrogen (secondary N) is 1. The first-order valence-corrected chi connectivity index (χ1v) is 11.6. The van der Waals surface area contributed by atoms with E-state index in [1.807, 2.05) is 0 Å². The van der Waals surface area contributed by atoms with Gasteiger partial charge in [0.05, 0.1) is 29.7 Å². The number of hydrogen-bond acceptors (Lipinski definition) is 11. The zero-order valence-electron chi connectivity index (χ0n) is 19.1. The fourth-order valence-corrected chi connectivity index (χ4v) is 4.81.